The summed E-state index contributed by atoms with van der Waals surface area (Å²) in [6.45, 7) is 4.41. The fourth-order valence-corrected chi connectivity index (χ4v) is 3.84. The first kappa shape index (κ1) is 16.4. The van der Waals surface area contributed by atoms with Crippen LogP contribution in [-0.2, 0) is 0 Å². The maximum Gasteiger partial charge on any atom is 0.0781 e. The Labute approximate surface area is 137 Å². The molecule has 1 aromatic rings. The summed E-state index contributed by atoms with van der Waals surface area (Å²) in [5.41, 5.74) is 1.02. The Morgan fingerprint density at radius 1 is 1.00 bits per heavy atom. The zero-order valence-corrected chi connectivity index (χ0v) is 14.3. The molecule has 0 aliphatic heterocycles. The molecule has 112 valence electrons. The third-order valence-electron chi connectivity index (χ3n) is 4.40. The van der Waals surface area contributed by atoms with Crippen molar-refractivity contribution in [3.8, 4) is 0 Å². The lowest BCUT2D eigenvalue weighted by atomic mass is 9.84. The Hall–Kier alpha value is 0.0500. The minimum atomic E-state index is 0.175. The molecule has 0 heterocycles. The molecule has 0 saturated heterocycles. The SMILES string of the molecule is CC(NC(C)C1CCCCC1)c1ccc(Cl)c(Cl)c1Cl. The van der Waals surface area contributed by atoms with Crippen LogP contribution < -0.4 is 5.32 Å². The van der Waals surface area contributed by atoms with Crippen molar-refractivity contribution in [3.05, 3.63) is 32.8 Å². The number of hydrogen-bond donors (Lipinski definition) is 1. The van der Waals surface area contributed by atoms with Gasteiger partial charge in [-0.1, -0.05) is 60.1 Å². The molecule has 0 spiro atoms. The molecule has 20 heavy (non-hydrogen) atoms. The molecule has 2 atom stereocenters. The highest BCUT2D eigenvalue weighted by Gasteiger charge is 2.22. The number of nitrogens with one attached hydrogen (secondary N) is 1. The van der Waals surface area contributed by atoms with Gasteiger partial charge in [0.25, 0.3) is 0 Å². The predicted molar refractivity (Wildman–Crippen MR) is 89.1 cm³/mol. The van der Waals surface area contributed by atoms with Gasteiger partial charge in [-0.3, -0.25) is 0 Å². The van der Waals surface area contributed by atoms with E-state index < -0.39 is 0 Å². The normalized spacial score (nSPS) is 19.9. The molecule has 1 aliphatic rings. The quantitative estimate of drug-likeness (QED) is 0.640. The van der Waals surface area contributed by atoms with E-state index in [4.69, 9.17) is 34.8 Å². The Morgan fingerprint density at radius 3 is 2.30 bits per heavy atom. The minimum absolute atomic E-state index is 0.175. The van der Waals surface area contributed by atoms with Gasteiger partial charge in [0, 0.05) is 12.1 Å². The van der Waals surface area contributed by atoms with Crippen LogP contribution in [0.2, 0.25) is 15.1 Å². The van der Waals surface area contributed by atoms with Crippen molar-refractivity contribution < 1.29 is 0 Å². The lowest BCUT2D eigenvalue weighted by Gasteiger charge is -2.31. The second kappa shape index (κ2) is 7.35. The lowest BCUT2D eigenvalue weighted by molar-refractivity contribution is 0.268. The van der Waals surface area contributed by atoms with E-state index in [1.165, 1.54) is 32.1 Å². The van der Waals surface area contributed by atoms with Crippen molar-refractivity contribution >= 4 is 34.8 Å². The predicted octanol–water partition coefficient (Wildman–Crippen LogP) is 6.27. The Bertz CT molecular complexity index is 455. The molecule has 4 heteroatoms. The van der Waals surface area contributed by atoms with Crippen molar-refractivity contribution in [1.29, 1.82) is 0 Å². The maximum absolute atomic E-state index is 6.31. The molecule has 0 amide bonds. The average molecular weight is 335 g/mol. The van der Waals surface area contributed by atoms with Crippen LogP contribution >= 0.6 is 34.8 Å². The van der Waals surface area contributed by atoms with Crippen LogP contribution in [0.25, 0.3) is 0 Å². The van der Waals surface area contributed by atoms with Crippen LogP contribution in [0.15, 0.2) is 12.1 Å². The highest BCUT2D eigenvalue weighted by atomic mass is 35.5. The zero-order chi connectivity index (χ0) is 14.7. The second-order valence-corrected chi connectivity index (χ2v) is 7.00. The van der Waals surface area contributed by atoms with E-state index >= 15 is 0 Å². The van der Waals surface area contributed by atoms with Crippen LogP contribution in [-0.4, -0.2) is 6.04 Å². The third-order valence-corrected chi connectivity index (χ3v) is 5.71. The molecule has 2 rings (SSSR count). The average Bonchev–Trinajstić information content (AvgIpc) is 2.45. The Morgan fingerprint density at radius 2 is 1.65 bits per heavy atom. The summed E-state index contributed by atoms with van der Waals surface area (Å²) in [4.78, 5) is 0. The molecular weight excluding hydrogens is 313 g/mol. The fourth-order valence-electron chi connectivity index (χ4n) is 3.13. The Kier molecular flexibility index (Phi) is 6.04. The van der Waals surface area contributed by atoms with Gasteiger partial charge >= 0.3 is 0 Å². The van der Waals surface area contributed by atoms with Crippen molar-refractivity contribution in [2.45, 2.75) is 58.0 Å². The van der Waals surface area contributed by atoms with Crippen LogP contribution in [0.3, 0.4) is 0 Å². The molecule has 1 aromatic carbocycles. The molecule has 0 radical (unpaired) electrons. The molecular formula is C16H22Cl3N. The van der Waals surface area contributed by atoms with E-state index in [2.05, 4.69) is 19.2 Å². The van der Waals surface area contributed by atoms with Gasteiger partial charge in [0.05, 0.1) is 15.1 Å². The molecule has 2 unspecified atom stereocenters. The van der Waals surface area contributed by atoms with E-state index in [1.54, 1.807) is 0 Å². The molecule has 1 aliphatic carbocycles. The van der Waals surface area contributed by atoms with E-state index in [1.807, 2.05) is 12.1 Å². The van der Waals surface area contributed by atoms with E-state index in [0.29, 0.717) is 21.1 Å². The van der Waals surface area contributed by atoms with Crippen molar-refractivity contribution in [1.82, 2.24) is 5.32 Å². The minimum Gasteiger partial charge on any atom is -0.307 e. The summed E-state index contributed by atoms with van der Waals surface area (Å²) in [5, 5.41) is 5.19. The van der Waals surface area contributed by atoms with Gasteiger partial charge in [0.1, 0.15) is 0 Å². The van der Waals surface area contributed by atoms with Crippen LogP contribution in [0.1, 0.15) is 57.6 Å². The molecule has 0 bridgehead atoms. The first-order chi connectivity index (χ1) is 9.50. The summed E-state index contributed by atoms with van der Waals surface area (Å²) < 4.78 is 0. The first-order valence-electron chi connectivity index (χ1n) is 7.40. The van der Waals surface area contributed by atoms with Gasteiger partial charge in [-0.2, -0.15) is 0 Å². The summed E-state index contributed by atoms with van der Waals surface area (Å²) >= 11 is 18.4. The largest absolute Gasteiger partial charge is 0.307 e. The van der Waals surface area contributed by atoms with E-state index in [-0.39, 0.29) is 6.04 Å². The monoisotopic (exact) mass is 333 g/mol. The molecule has 1 fully saturated rings. The maximum atomic E-state index is 6.31. The van der Waals surface area contributed by atoms with Crippen molar-refractivity contribution in [2.75, 3.05) is 0 Å². The lowest BCUT2D eigenvalue weighted by Crippen LogP contribution is -2.36. The highest BCUT2D eigenvalue weighted by molar-refractivity contribution is 6.48. The standard InChI is InChI=1S/C16H22Cl3N/c1-10(12-6-4-3-5-7-12)20-11(2)13-8-9-14(17)16(19)15(13)18/h8-12,20H,3-7H2,1-2H3. The number of halogens is 3. The molecule has 1 saturated carbocycles. The summed E-state index contributed by atoms with van der Waals surface area (Å²) in [7, 11) is 0. The smallest absolute Gasteiger partial charge is 0.0781 e. The second-order valence-electron chi connectivity index (χ2n) is 5.84. The number of benzene rings is 1. The van der Waals surface area contributed by atoms with Crippen LogP contribution in [0.5, 0.6) is 0 Å². The number of rotatable bonds is 4. The third kappa shape index (κ3) is 3.82. The number of hydrogen-bond acceptors (Lipinski definition) is 1. The topological polar surface area (TPSA) is 12.0 Å². The van der Waals surface area contributed by atoms with Crippen molar-refractivity contribution in [3.63, 3.8) is 0 Å². The summed E-state index contributed by atoms with van der Waals surface area (Å²) in [6, 6.07) is 4.45. The van der Waals surface area contributed by atoms with Gasteiger partial charge in [0.15, 0.2) is 0 Å². The van der Waals surface area contributed by atoms with Crippen molar-refractivity contribution in [2.24, 2.45) is 5.92 Å². The van der Waals surface area contributed by atoms with E-state index in [9.17, 15) is 0 Å². The van der Waals surface area contributed by atoms with Crippen LogP contribution in [0.4, 0.5) is 0 Å². The van der Waals surface area contributed by atoms with Gasteiger partial charge in [-0.15, -0.1) is 0 Å². The van der Waals surface area contributed by atoms with Gasteiger partial charge in [-0.05, 0) is 44.2 Å². The van der Waals surface area contributed by atoms with Gasteiger partial charge < -0.3 is 5.32 Å². The van der Waals surface area contributed by atoms with Crippen LogP contribution in [0, 0.1) is 5.92 Å². The van der Waals surface area contributed by atoms with E-state index in [0.717, 1.165) is 11.5 Å². The first-order valence-corrected chi connectivity index (χ1v) is 8.53. The highest BCUT2D eigenvalue weighted by Crippen LogP contribution is 2.36. The molecule has 1 nitrogen and oxygen atoms in total. The fraction of sp³-hybridized carbons (Fsp3) is 0.625. The molecule has 1 N–H and O–H groups in total. The zero-order valence-electron chi connectivity index (χ0n) is 12.1. The Balaban J connectivity index is 2.04. The van der Waals surface area contributed by atoms with Gasteiger partial charge in [-0.25, -0.2) is 0 Å². The summed E-state index contributed by atoms with van der Waals surface area (Å²) in [6.07, 6.45) is 6.76. The van der Waals surface area contributed by atoms with Gasteiger partial charge in [0.2, 0.25) is 0 Å². The molecule has 0 aromatic heterocycles. The summed E-state index contributed by atoms with van der Waals surface area (Å²) in [5.74, 6) is 0.771.